The highest BCUT2D eigenvalue weighted by Gasteiger charge is 2.31. The highest BCUT2D eigenvalue weighted by atomic mass is 19.4. The first-order chi connectivity index (χ1) is 12.8. The van der Waals surface area contributed by atoms with Crippen molar-refractivity contribution in [3.8, 4) is 0 Å². The molecule has 1 heterocycles. The van der Waals surface area contributed by atoms with Crippen molar-refractivity contribution in [2.45, 2.75) is 32.1 Å². The van der Waals surface area contributed by atoms with Gasteiger partial charge in [0.25, 0.3) is 5.56 Å². The highest BCUT2D eigenvalue weighted by Crippen LogP contribution is 2.29. The number of benzene rings is 1. The number of allylic oxidation sites excluding steroid dienone is 4. The Kier molecular flexibility index (Phi) is 5.32. The summed E-state index contributed by atoms with van der Waals surface area (Å²) in [4.78, 5) is 16.9. The third-order valence-electron chi connectivity index (χ3n) is 4.60. The zero-order valence-corrected chi connectivity index (χ0v) is 15.0. The maximum atomic E-state index is 12.8. The van der Waals surface area contributed by atoms with Gasteiger partial charge in [-0.05, 0) is 31.1 Å². The van der Waals surface area contributed by atoms with E-state index in [1.54, 1.807) is 17.7 Å². The molecule has 0 saturated carbocycles. The SMILES string of the molecule is CC(NCc1nc2ccccc2n(C)c1=O)C1=CCC=C(C(F)(F)F)C=C1. The van der Waals surface area contributed by atoms with E-state index in [1.807, 2.05) is 31.2 Å². The Morgan fingerprint density at radius 1 is 1.22 bits per heavy atom. The molecule has 0 bridgehead atoms. The summed E-state index contributed by atoms with van der Waals surface area (Å²) in [6.45, 7) is 2.07. The van der Waals surface area contributed by atoms with Crippen LogP contribution in [0.1, 0.15) is 19.0 Å². The summed E-state index contributed by atoms with van der Waals surface area (Å²) in [6, 6.07) is 7.14. The predicted molar refractivity (Wildman–Crippen MR) is 99.3 cm³/mol. The van der Waals surface area contributed by atoms with Crippen molar-refractivity contribution in [1.82, 2.24) is 14.9 Å². The molecule has 2 aromatic rings. The van der Waals surface area contributed by atoms with Gasteiger partial charge >= 0.3 is 6.18 Å². The van der Waals surface area contributed by atoms with Gasteiger partial charge in [-0.25, -0.2) is 4.98 Å². The van der Waals surface area contributed by atoms with Gasteiger partial charge in [0.1, 0.15) is 5.69 Å². The second-order valence-corrected chi connectivity index (χ2v) is 6.44. The van der Waals surface area contributed by atoms with Crippen LogP contribution in [0.4, 0.5) is 13.2 Å². The molecule has 1 atom stereocenters. The standard InChI is InChI=1S/C20H20F3N3O/c1-13(14-6-5-7-15(11-10-14)20(21,22)23)24-12-17-19(27)26(2)18-9-4-3-8-16(18)25-17/h3-4,6-11,13,24H,5,12H2,1-2H3. The molecule has 1 aromatic carbocycles. The molecule has 0 spiro atoms. The van der Waals surface area contributed by atoms with Gasteiger partial charge in [0, 0.05) is 19.6 Å². The average Bonchev–Trinajstić information content (AvgIpc) is 2.89. The topological polar surface area (TPSA) is 46.9 Å². The lowest BCUT2D eigenvalue weighted by Crippen LogP contribution is -2.32. The van der Waals surface area contributed by atoms with Crippen LogP contribution < -0.4 is 10.9 Å². The van der Waals surface area contributed by atoms with Crippen molar-refractivity contribution in [3.05, 3.63) is 75.8 Å². The Balaban J connectivity index is 1.74. The summed E-state index contributed by atoms with van der Waals surface area (Å²) in [5.74, 6) is 0. The van der Waals surface area contributed by atoms with Gasteiger partial charge in [-0.15, -0.1) is 0 Å². The van der Waals surface area contributed by atoms with Gasteiger partial charge in [0.2, 0.25) is 0 Å². The van der Waals surface area contributed by atoms with E-state index in [2.05, 4.69) is 10.3 Å². The van der Waals surface area contributed by atoms with Crippen LogP contribution in [0.25, 0.3) is 11.0 Å². The van der Waals surface area contributed by atoms with Gasteiger partial charge in [-0.1, -0.05) is 36.4 Å². The minimum Gasteiger partial charge on any atom is -0.308 e. The molecule has 0 saturated heterocycles. The minimum atomic E-state index is -4.35. The Labute approximate surface area is 154 Å². The molecule has 1 aliphatic carbocycles. The summed E-state index contributed by atoms with van der Waals surface area (Å²) in [5.41, 5.74) is 1.74. The number of nitrogens with one attached hydrogen (secondary N) is 1. The lowest BCUT2D eigenvalue weighted by atomic mass is 10.1. The largest absolute Gasteiger partial charge is 0.416 e. The molecular weight excluding hydrogens is 355 g/mol. The van der Waals surface area contributed by atoms with Gasteiger partial charge in [0.05, 0.1) is 16.6 Å². The minimum absolute atomic E-state index is 0.195. The Morgan fingerprint density at radius 2 is 1.96 bits per heavy atom. The molecule has 1 N–H and O–H groups in total. The van der Waals surface area contributed by atoms with Crippen molar-refractivity contribution < 1.29 is 13.2 Å². The monoisotopic (exact) mass is 375 g/mol. The molecule has 3 rings (SSSR count). The van der Waals surface area contributed by atoms with E-state index >= 15 is 0 Å². The fraction of sp³-hybridized carbons (Fsp3) is 0.300. The lowest BCUT2D eigenvalue weighted by Gasteiger charge is -2.15. The molecule has 0 aliphatic heterocycles. The van der Waals surface area contributed by atoms with Crippen molar-refractivity contribution in [2.24, 2.45) is 7.05 Å². The van der Waals surface area contributed by atoms with Crippen LogP contribution in [0.3, 0.4) is 0 Å². The quantitative estimate of drug-likeness (QED) is 0.885. The molecule has 0 amide bonds. The van der Waals surface area contributed by atoms with Crippen molar-refractivity contribution in [3.63, 3.8) is 0 Å². The molecule has 1 unspecified atom stereocenters. The normalized spacial score (nSPS) is 16.0. The molecule has 7 heteroatoms. The van der Waals surface area contributed by atoms with E-state index in [-0.39, 0.29) is 24.6 Å². The second-order valence-electron chi connectivity index (χ2n) is 6.44. The van der Waals surface area contributed by atoms with Crippen LogP contribution in [0.2, 0.25) is 0 Å². The number of para-hydroxylation sites is 2. The van der Waals surface area contributed by atoms with Crippen LogP contribution in [0.15, 0.2) is 64.5 Å². The lowest BCUT2D eigenvalue weighted by molar-refractivity contribution is -0.0883. The summed E-state index contributed by atoms with van der Waals surface area (Å²) >= 11 is 0. The molecule has 142 valence electrons. The van der Waals surface area contributed by atoms with Crippen LogP contribution >= 0.6 is 0 Å². The van der Waals surface area contributed by atoms with Crippen LogP contribution in [0, 0.1) is 0 Å². The van der Waals surface area contributed by atoms with E-state index < -0.39 is 11.7 Å². The van der Waals surface area contributed by atoms with E-state index in [0.717, 1.165) is 28.8 Å². The molecule has 1 aliphatic rings. The molecule has 1 aromatic heterocycles. The zero-order valence-electron chi connectivity index (χ0n) is 15.0. The summed E-state index contributed by atoms with van der Waals surface area (Å²) in [5, 5.41) is 3.18. The number of alkyl halides is 3. The average molecular weight is 375 g/mol. The first kappa shape index (κ1) is 19.1. The predicted octanol–water partition coefficient (Wildman–Crippen LogP) is 3.79. The number of fused-ring (bicyclic) bond motifs is 1. The molecule has 4 nitrogen and oxygen atoms in total. The van der Waals surface area contributed by atoms with E-state index in [9.17, 15) is 18.0 Å². The molecule has 0 radical (unpaired) electrons. The number of aromatic nitrogens is 2. The van der Waals surface area contributed by atoms with Crippen molar-refractivity contribution in [1.29, 1.82) is 0 Å². The molecule has 27 heavy (non-hydrogen) atoms. The van der Waals surface area contributed by atoms with Gasteiger partial charge in [0.15, 0.2) is 0 Å². The van der Waals surface area contributed by atoms with Gasteiger partial charge in [-0.3, -0.25) is 4.79 Å². The third kappa shape index (κ3) is 4.19. The first-order valence-corrected chi connectivity index (χ1v) is 8.61. The summed E-state index contributed by atoms with van der Waals surface area (Å²) < 4.78 is 40.0. The van der Waals surface area contributed by atoms with E-state index in [1.165, 1.54) is 6.08 Å². The number of hydrogen-bond acceptors (Lipinski definition) is 3. The van der Waals surface area contributed by atoms with E-state index in [4.69, 9.17) is 0 Å². The van der Waals surface area contributed by atoms with Gasteiger partial charge in [-0.2, -0.15) is 13.2 Å². The summed E-state index contributed by atoms with van der Waals surface area (Å²) in [6.07, 6.45) is 1.33. The fourth-order valence-corrected chi connectivity index (χ4v) is 3.00. The number of hydrogen-bond donors (Lipinski definition) is 1. The highest BCUT2D eigenvalue weighted by molar-refractivity contribution is 5.74. The van der Waals surface area contributed by atoms with Crippen molar-refractivity contribution in [2.75, 3.05) is 0 Å². The molecule has 0 fully saturated rings. The van der Waals surface area contributed by atoms with Crippen LogP contribution in [-0.2, 0) is 13.6 Å². The fourth-order valence-electron chi connectivity index (χ4n) is 3.00. The van der Waals surface area contributed by atoms with Crippen LogP contribution in [-0.4, -0.2) is 21.8 Å². The number of aryl methyl sites for hydroxylation is 1. The maximum absolute atomic E-state index is 12.8. The van der Waals surface area contributed by atoms with Gasteiger partial charge < -0.3 is 9.88 Å². The Morgan fingerprint density at radius 3 is 2.70 bits per heavy atom. The third-order valence-corrected chi connectivity index (χ3v) is 4.60. The Bertz CT molecular complexity index is 1000. The van der Waals surface area contributed by atoms with Crippen molar-refractivity contribution >= 4 is 11.0 Å². The zero-order chi connectivity index (χ0) is 19.6. The molecular formula is C20H20F3N3O. The maximum Gasteiger partial charge on any atom is 0.416 e. The first-order valence-electron chi connectivity index (χ1n) is 8.61. The number of rotatable bonds is 4. The second kappa shape index (κ2) is 7.52. The Hall–Kier alpha value is -2.67. The summed E-state index contributed by atoms with van der Waals surface area (Å²) in [7, 11) is 1.69. The van der Waals surface area contributed by atoms with E-state index in [0.29, 0.717) is 5.69 Å². The number of nitrogens with zero attached hydrogens (tertiary/aromatic N) is 2. The smallest absolute Gasteiger partial charge is 0.308 e. The van der Waals surface area contributed by atoms with Crippen LogP contribution in [0.5, 0.6) is 0 Å². The number of halogens is 3.